The van der Waals surface area contributed by atoms with Gasteiger partial charge in [0.25, 0.3) is 5.91 Å². The number of rotatable bonds is 5. The smallest absolute Gasteiger partial charge is 0.251 e. The molecule has 3 N–H and O–H groups in total. The molecule has 5 nitrogen and oxygen atoms in total. The summed E-state index contributed by atoms with van der Waals surface area (Å²) in [5.41, 5.74) is 5.39. The number of carbonyl (C=O) groups excluding carboxylic acids is 2. The highest BCUT2D eigenvalue weighted by Gasteiger charge is 2.21. The summed E-state index contributed by atoms with van der Waals surface area (Å²) in [6, 6.07) is 5.93. The maximum absolute atomic E-state index is 12.7. The second kappa shape index (κ2) is 6.50. The van der Waals surface area contributed by atoms with Crippen LogP contribution in [0.5, 0.6) is 0 Å². The second-order valence-electron chi connectivity index (χ2n) is 4.20. The van der Waals surface area contributed by atoms with Gasteiger partial charge in [0.05, 0.1) is 6.07 Å². The van der Waals surface area contributed by atoms with Crippen molar-refractivity contribution < 1.29 is 14.0 Å². The minimum Gasteiger partial charge on any atom is -0.368 e. The summed E-state index contributed by atoms with van der Waals surface area (Å²) in [5, 5.41) is 11.1. The van der Waals surface area contributed by atoms with Gasteiger partial charge in [-0.3, -0.25) is 9.59 Å². The number of carbonyl (C=O) groups is 2. The van der Waals surface area contributed by atoms with Gasteiger partial charge in [0.1, 0.15) is 11.9 Å². The molecule has 0 unspecified atom stereocenters. The summed E-state index contributed by atoms with van der Waals surface area (Å²) in [5.74, 6) is -2.11. The third kappa shape index (κ3) is 4.39. The minimum absolute atomic E-state index is 0.138. The molecule has 0 fully saturated rings. The fraction of sp³-hybridized carbons (Fsp3) is 0.308. The second-order valence-corrected chi connectivity index (χ2v) is 4.20. The number of amides is 2. The topological polar surface area (TPSA) is 96.0 Å². The number of halogens is 1. The first-order valence-electron chi connectivity index (χ1n) is 5.69. The molecule has 0 saturated heterocycles. The largest absolute Gasteiger partial charge is 0.368 e. The Morgan fingerprint density at radius 1 is 1.42 bits per heavy atom. The lowest BCUT2D eigenvalue weighted by molar-refractivity contribution is -0.120. The van der Waals surface area contributed by atoms with E-state index in [-0.39, 0.29) is 12.0 Å². The summed E-state index contributed by atoms with van der Waals surface area (Å²) in [6.07, 6.45) is 0.138. The standard InChI is InChI=1S/C13H14FN3O2/c1-8(7-15)6-11(12(16)18)17-13(19)9-2-4-10(14)5-3-9/h2-5,8,11H,6H2,1H3,(H2,16,18)(H,17,19)/t8-,11+/m0/s1. The first-order valence-corrected chi connectivity index (χ1v) is 5.69. The molecule has 0 saturated carbocycles. The molecular formula is C13H14FN3O2. The Hall–Kier alpha value is -2.42. The summed E-state index contributed by atoms with van der Waals surface area (Å²) < 4.78 is 12.7. The van der Waals surface area contributed by atoms with Crippen LogP contribution in [-0.4, -0.2) is 17.9 Å². The Bertz CT molecular complexity index is 508. The van der Waals surface area contributed by atoms with Gasteiger partial charge >= 0.3 is 0 Å². The van der Waals surface area contributed by atoms with Crippen LogP contribution in [0.25, 0.3) is 0 Å². The summed E-state index contributed by atoms with van der Waals surface area (Å²) >= 11 is 0. The van der Waals surface area contributed by atoms with E-state index in [0.717, 1.165) is 12.1 Å². The van der Waals surface area contributed by atoms with Gasteiger partial charge in [-0.05, 0) is 37.6 Å². The molecule has 0 aliphatic rings. The van der Waals surface area contributed by atoms with Gasteiger partial charge in [0.15, 0.2) is 0 Å². The number of nitriles is 1. The zero-order valence-electron chi connectivity index (χ0n) is 10.4. The molecule has 2 amide bonds. The Morgan fingerprint density at radius 3 is 2.47 bits per heavy atom. The van der Waals surface area contributed by atoms with Crippen LogP contribution in [0.3, 0.4) is 0 Å². The molecule has 1 rings (SSSR count). The van der Waals surface area contributed by atoms with E-state index >= 15 is 0 Å². The van der Waals surface area contributed by atoms with E-state index < -0.39 is 29.6 Å². The number of nitrogens with one attached hydrogen (secondary N) is 1. The van der Waals surface area contributed by atoms with Crippen molar-refractivity contribution in [1.82, 2.24) is 5.32 Å². The van der Waals surface area contributed by atoms with E-state index in [2.05, 4.69) is 5.32 Å². The Kier molecular flexibility index (Phi) is 5.01. The van der Waals surface area contributed by atoms with Gasteiger partial charge in [0, 0.05) is 11.5 Å². The van der Waals surface area contributed by atoms with Crippen molar-refractivity contribution in [3.8, 4) is 6.07 Å². The lowest BCUT2D eigenvalue weighted by Gasteiger charge is -2.16. The van der Waals surface area contributed by atoms with Gasteiger partial charge in [-0.25, -0.2) is 4.39 Å². The van der Waals surface area contributed by atoms with Crippen LogP contribution in [-0.2, 0) is 4.79 Å². The number of hydrogen-bond donors (Lipinski definition) is 2. The van der Waals surface area contributed by atoms with Crippen molar-refractivity contribution in [2.45, 2.75) is 19.4 Å². The highest BCUT2D eigenvalue weighted by Crippen LogP contribution is 2.07. The van der Waals surface area contributed by atoms with E-state index in [1.54, 1.807) is 6.92 Å². The molecule has 0 aromatic heterocycles. The molecule has 1 aromatic carbocycles. The Labute approximate surface area is 110 Å². The number of primary amides is 1. The molecule has 0 radical (unpaired) electrons. The van der Waals surface area contributed by atoms with E-state index in [1.165, 1.54) is 12.1 Å². The van der Waals surface area contributed by atoms with Gasteiger partial charge < -0.3 is 11.1 Å². The molecule has 2 atom stereocenters. The van der Waals surface area contributed by atoms with Crippen molar-refractivity contribution in [2.75, 3.05) is 0 Å². The maximum atomic E-state index is 12.7. The van der Waals surface area contributed by atoms with E-state index in [0.29, 0.717) is 0 Å². The third-order valence-electron chi connectivity index (χ3n) is 2.56. The van der Waals surface area contributed by atoms with Crippen molar-refractivity contribution >= 4 is 11.8 Å². The van der Waals surface area contributed by atoms with Crippen LogP contribution in [0.1, 0.15) is 23.7 Å². The van der Waals surface area contributed by atoms with E-state index in [4.69, 9.17) is 11.0 Å². The van der Waals surface area contributed by atoms with Gasteiger partial charge in [0.2, 0.25) is 5.91 Å². The van der Waals surface area contributed by atoms with Gasteiger partial charge in [-0.15, -0.1) is 0 Å². The van der Waals surface area contributed by atoms with Crippen molar-refractivity contribution in [2.24, 2.45) is 11.7 Å². The van der Waals surface area contributed by atoms with Crippen LogP contribution >= 0.6 is 0 Å². The highest BCUT2D eigenvalue weighted by atomic mass is 19.1. The minimum atomic E-state index is -0.924. The predicted molar refractivity (Wildman–Crippen MR) is 66.2 cm³/mol. The summed E-state index contributed by atoms with van der Waals surface area (Å²) in [4.78, 5) is 23.0. The number of nitrogens with zero attached hydrogens (tertiary/aromatic N) is 1. The molecule has 6 heteroatoms. The highest BCUT2D eigenvalue weighted by molar-refractivity contribution is 5.97. The van der Waals surface area contributed by atoms with Crippen molar-refractivity contribution in [3.63, 3.8) is 0 Å². The average Bonchev–Trinajstić information content (AvgIpc) is 2.38. The molecule has 1 aromatic rings. The molecular weight excluding hydrogens is 249 g/mol. The zero-order chi connectivity index (χ0) is 14.4. The Morgan fingerprint density at radius 2 is 2.00 bits per heavy atom. The lowest BCUT2D eigenvalue weighted by atomic mass is 10.0. The van der Waals surface area contributed by atoms with Crippen LogP contribution in [0.15, 0.2) is 24.3 Å². The fourth-order valence-electron chi connectivity index (χ4n) is 1.50. The first kappa shape index (κ1) is 14.6. The van der Waals surface area contributed by atoms with Crippen LogP contribution in [0.2, 0.25) is 0 Å². The summed E-state index contributed by atoms with van der Waals surface area (Å²) in [6.45, 7) is 1.62. The van der Waals surface area contributed by atoms with Crippen molar-refractivity contribution in [1.29, 1.82) is 5.26 Å². The van der Waals surface area contributed by atoms with Crippen molar-refractivity contribution in [3.05, 3.63) is 35.6 Å². The number of hydrogen-bond acceptors (Lipinski definition) is 3. The summed E-state index contributed by atoms with van der Waals surface area (Å²) in [7, 11) is 0. The molecule has 19 heavy (non-hydrogen) atoms. The molecule has 0 spiro atoms. The maximum Gasteiger partial charge on any atom is 0.251 e. The fourth-order valence-corrected chi connectivity index (χ4v) is 1.50. The predicted octanol–water partition coefficient (Wildman–Crippen LogP) is 0.959. The van der Waals surface area contributed by atoms with Gasteiger partial charge in [-0.2, -0.15) is 5.26 Å². The monoisotopic (exact) mass is 263 g/mol. The molecule has 0 aliphatic heterocycles. The van der Waals surface area contributed by atoms with Crippen LogP contribution < -0.4 is 11.1 Å². The van der Waals surface area contributed by atoms with E-state index in [1.807, 2.05) is 6.07 Å². The Balaban J connectivity index is 2.74. The van der Waals surface area contributed by atoms with E-state index in [9.17, 15) is 14.0 Å². The number of benzene rings is 1. The third-order valence-corrected chi connectivity index (χ3v) is 2.56. The SMILES string of the molecule is C[C@H](C#N)C[C@@H](NC(=O)c1ccc(F)cc1)C(N)=O. The van der Waals surface area contributed by atoms with Crippen LogP contribution in [0.4, 0.5) is 4.39 Å². The average molecular weight is 263 g/mol. The van der Waals surface area contributed by atoms with Crippen LogP contribution in [0, 0.1) is 23.1 Å². The lowest BCUT2D eigenvalue weighted by Crippen LogP contribution is -2.45. The molecule has 0 heterocycles. The molecule has 100 valence electrons. The number of nitrogens with two attached hydrogens (primary N) is 1. The zero-order valence-corrected chi connectivity index (χ0v) is 10.4. The first-order chi connectivity index (χ1) is 8.93. The molecule has 0 aliphatic carbocycles. The normalized spacial score (nSPS) is 13.1. The molecule has 0 bridgehead atoms. The quantitative estimate of drug-likeness (QED) is 0.828. The van der Waals surface area contributed by atoms with Gasteiger partial charge in [-0.1, -0.05) is 0 Å².